The molecule has 2 aromatic rings. The Morgan fingerprint density at radius 2 is 1.80 bits per heavy atom. The highest BCUT2D eigenvalue weighted by molar-refractivity contribution is 5.96. The number of hydrogen-bond acceptors (Lipinski definition) is 3. The van der Waals surface area contributed by atoms with Gasteiger partial charge in [0.1, 0.15) is 0 Å². The van der Waals surface area contributed by atoms with E-state index in [4.69, 9.17) is 5.11 Å². The third-order valence-corrected chi connectivity index (χ3v) is 4.64. The van der Waals surface area contributed by atoms with Crippen molar-refractivity contribution in [2.45, 2.75) is 37.8 Å². The lowest BCUT2D eigenvalue weighted by Gasteiger charge is -2.31. The third-order valence-electron chi connectivity index (χ3n) is 4.64. The molecule has 1 aliphatic carbocycles. The normalized spacial score (nSPS) is 19.1. The average molecular weight is 339 g/mol. The van der Waals surface area contributed by atoms with Crippen LogP contribution in [-0.2, 0) is 17.6 Å². The van der Waals surface area contributed by atoms with Gasteiger partial charge in [0.2, 0.25) is 0 Å². The highest BCUT2D eigenvalue weighted by Gasteiger charge is 2.29. The second kappa shape index (κ2) is 7.49. The molecule has 0 heterocycles. The quantitative estimate of drug-likeness (QED) is 0.781. The van der Waals surface area contributed by atoms with Crippen molar-refractivity contribution in [3.63, 3.8) is 0 Å². The van der Waals surface area contributed by atoms with E-state index in [9.17, 15) is 14.7 Å². The summed E-state index contributed by atoms with van der Waals surface area (Å²) in [7, 11) is 0. The van der Waals surface area contributed by atoms with Crippen LogP contribution < -0.4 is 5.32 Å². The first-order valence-corrected chi connectivity index (χ1v) is 8.42. The molecule has 1 amide bonds. The molecular formula is C20H21NO4. The van der Waals surface area contributed by atoms with Gasteiger partial charge in [0, 0.05) is 12.0 Å². The van der Waals surface area contributed by atoms with Crippen molar-refractivity contribution in [3.05, 3.63) is 70.8 Å². The van der Waals surface area contributed by atoms with Crippen molar-refractivity contribution in [1.82, 2.24) is 5.32 Å². The number of aryl methyl sites for hydroxylation is 2. The van der Waals surface area contributed by atoms with E-state index in [2.05, 4.69) is 5.32 Å². The van der Waals surface area contributed by atoms with Crippen LogP contribution in [0.1, 0.15) is 45.9 Å². The largest absolute Gasteiger partial charge is 0.481 e. The van der Waals surface area contributed by atoms with Crippen molar-refractivity contribution in [2.75, 3.05) is 0 Å². The zero-order chi connectivity index (χ0) is 17.8. The minimum Gasteiger partial charge on any atom is -0.481 e. The first-order chi connectivity index (χ1) is 12.1. The average Bonchev–Trinajstić information content (AvgIpc) is 2.62. The van der Waals surface area contributed by atoms with E-state index in [0.717, 1.165) is 17.5 Å². The molecular weight excluding hydrogens is 318 g/mol. The molecule has 0 saturated heterocycles. The number of rotatable bonds is 5. The number of carbonyl (C=O) groups excluding carboxylic acids is 1. The van der Waals surface area contributed by atoms with E-state index in [0.29, 0.717) is 24.0 Å². The minimum atomic E-state index is -0.896. The van der Waals surface area contributed by atoms with Gasteiger partial charge in [-0.15, -0.1) is 0 Å². The molecule has 0 unspecified atom stereocenters. The molecule has 0 saturated carbocycles. The van der Waals surface area contributed by atoms with Gasteiger partial charge in [0.15, 0.2) is 0 Å². The Bertz CT molecular complexity index is 787. The molecule has 2 aromatic carbocycles. The molecule has 3 N–H and O–H groups in total. The lowest BCUT2D eigenvalue weighted by Crippen LogP contribution is -2.39. The summed E-state index contributed by atoms with van der Waals surface area (Å²) in [5.41, 5.74) is 3.23. The van der Waals surface area contributed by atoms with E-state index in [-0.39, 0.29) is 12.3 Å². The SMILES string of the molecule is O=C(O)CCc1ccccc1C(=O)N[C@H]1c2ccccc2CC[C@H]1O. The number of hydrogen-bond donors (Lipinski definition) is 3. The first kappa shape index (κ1) is 17.2. The van der Waals surface area contributed by atoms with Crippen LogP contribution in [0.2, 0.25) is 0 Å². The number of amides is 1. The van der Waals surface area contributed by atoms with Crippen LogP contribution in [0.5, 0.6) is 0 Å². The predicted octanol–water partition coefficient (Wildman–Crippen LogP) is 2.48. The summed E-state index contributed by atoms with van der Waals surface area (Å²) >= 11 is 0. The molecule has 25 heavy (non-hydrogen) atoms. The van der Waals surface area contributed by atoms with Crippen molar-refractivity contribution < 1.29 is 19.8 Å². The van der Waals surface area contributed by atoms with Crippen LogP contribution in [0.25, 0.3) is 0 Å². The topological polar surface area (TPSA) is 86.6 Å². The Hall–Kier alpha value is -2.66. The van der Waals surface area contributed by atoms with E-state index in [1.807, 2.05) is 24.3 Å². The van der Waals surface area contributed by atoms with Crippen molar-refractivity contribution in [2.24, 2.45) is 0 Å². The van der Waals surface area contributed by atoms with Crippen LogP contribution in [0.3, 0.4) is 0 Å². The number of aliphatic hydroxyl groups excluding tert-OH is 1. The van der Waals surface area contributed by atoms with Crippen LogP contribution >= 0.6 is 0 Å². The van der Waals surface area contributed by atoms with Gasteiger partial charge in [-0.3, -0.25) is 9.59 Å². The first-order valence-electron chi connectivity index (χ1n) is 8.42. The van der Waals surface area contributed by atoms with Gasteiger partial charge in [0.25, 0.3) is 5.91 Å². The smallest absolute Gasteiger partial charge is 0.303 e. The van der Waals surface area contributed by atoms with E-state index < -0.39 is 18.1 Å². The molecule has 0 radical (unpaired) electrons. The Labute approximate surface area is 146 Å². The molecule has 3 rings (SSSR count). The molecule has 0 bridgehead atoms. The summed E-state index contributed by atoms with van der Waals surface area (Å²) in [5.74, 6) is -1.19. The molecule has 0 fully saturated rings. The molecule has 1 aliphatic rings. The number of fused-ring (bicyclic) bond motifs is 1. The van der Waals surface area contributed by atoms with Crippen LogP contribution in [-0.4, -0.2) is 28.2 Å². The van der Waals surface area contributed by atoms with Crippen molar-refractivity contribution in [1.29, 1.82) is 0 Å². The predicted molar refractivity (Wildman–Crippen MR) is 93.4 cm³/mol. The summed E-state index contributed by atoms with van der Waals surface area (Å²) in [6, 6.07) is 14.3. The fourth-order valence-corrected chi connectivity index (χ4v) is 3.34. The Morgan fingerprint density at radius 3 is 2.60 bits per heavy atom. The van der Waals surface area contributed by atoms with Crippen LogP contribution in [0.4, 0.5) is 0 Å². The molecule has 5 nitrogen and oxygen atoms in total. The number of carboxylic acids is 1. The highest BCUT2D eigenvalue weighted by Crippen LogP contribution is 2.30. The van der Waals surface area contributed by atoms with Gasteiger partial charge in [-0.2, -0.15) is 0 Å². The zero-order valence-electron chi connectivity index (χ0n) is 13.8. The summed E-state index contributed by atoms with van der Waals surface area (Å²) < 4.78 is 0. The lowest BCUT2D eigenvalue weighted by molar-refractivity contribution is -0.136. The van der Waals surface area contributed by atoms with Crippen LogP contribution in [0.15, 0.2) is 48.5 Å². The molecule has 5 heteroatoms. The number of nitrogens with one attached hydrogen (secondary N) is 1. The minimum absolute atomic E-state index is 0.0286. The number of aliphatic carboxylic acids is 1. The van der Waals surface area contributed by atoms with E-state index in [1.165, 1.54) is 0 Å². The fourth-order valence-electron chi connectivity index (χ4n) is 3.34. The summed E-state index contributed by atoms with van der Waals surface area (Å²) in [6.07, 6.45) is 1.02. The maximum absolute atomic E-state index is 12.8. The standard InChI is InChI=1S/C20H21NO4/c22-17-11-9-13-5-1-3-7-15(13)19(17)21-20(25)16-8-4-2-6-14(16)10-12-18(23)24/h1-8,17,19,22H,9-12H2,(H,21,25)(H,23,24)/t17-,19+/m1/s1. The summed E-state index contributed by atoms with van der Waals surface area (Å²) in [6.45, 7) is 0. The molecule has 130 valence electrons. The number of carbonyl (C=O) groups is 2. The molecule has 2 atom stereocenters. The maximum Gasteiger partial charge on any atom is 0.303 e. The van der Waals surface area contributed by atoms with Gasteiger partial charge in [-0.05, 0) is 42.0 Å². The number of carboxylic acid groups (broad SMARTS) is 1. The van der Waals surface area contributed by atoms with Gasteiger partial charge in [-0.25, -0.2) is 0 Å². The summed E-state index contributed by atoms with van der Waals surface area (Å²) in [4.78, 5) is 23.6. The number of aliphatic hydroxyl groups is 1. The lowest BCUT2D eigenvalue weighted by atomic mass is 9.85. The Kier molecular flexibility index (Phi) is 5.14. The van der Waals surface area contributed by atoms with Gasteiger partial charge < -0.3 is 15.5 Å². The van der Waals surface area contributed by atoms with Crippen LogP contribution in [0, 0.1) is 0 Å². The molecule has 0 aliphatic heterocycles. The number of benzene rings is 2. The highest BCUT2D eigenvalue weighted by atomic mass is 16.4. The fraction of sp³-hybridized carbons (Fsp3) is 0.300. The third kappa shape index (κ3) is 3.88. The molecule has 0 spiro atoms. The van der Waals surface area contributed by atoms with Gasteiger partial charge in [-0.1, -0.05) is 42.5 Å². The monoisotopic (exact) mass is 339 g/mol. The second-order valence-corrected chi connectivity index (χ2v) is 6.31. The van der Waals surface area contributed by atoms with E-state index in [1.54, 1.807) is 24.3 Å². The van der Waals surface area contributed by atoms with Gasteiger partial charge >= 0.3 is 5.97 Å². The summed E-state index contributed by atoms with van der Waals surface area (Å²) in [5, 5.41) is 22.2. The van der Waals surface area contributed by atoms with Crippen molar-refractivity contribution in [3.8, 4) is 0 Å². The Balaban J connectivity index is 1.82. The van der Waals surface area contributed by atoms with Gasteiger partial charge in [0.05, 0.1) is 12.1 Å². The Morgan fingerprint density at radius 1 is 1.08 bits per heavy atom. The zero-order valence-corrected chi connectivity index (χ0v) is 13.8. The van der Waals surface area contributed by atoms with E-state index >= 15 is 0 Å². The second-order valence-electron chi connectivity index (χ2n) is 6.31. The molecule has 0 aromatic heterocycles. The van der Waals surface area contributed by atoms with Crippen molar-refractivity contribution >= 4 is 11.9 Å². The maximum atomic E-state index is 12.8.